The number of hydrogen-bond acceptors (Lipinski definition) is 5. The van der Waals surface area contributed by atoms with Gasteiger partial charge in [0.05, 0.1) is 18.6 Å². The van der Waals surface area contributed by atoms with E-state index >= 15 is 0 Å². The molecule has 0 radical (unpaired) electrons. The lowest BCUT2D eigenvalue weighted by atomic mass is 10.1. The van der Waals surface area contributed by atoms with Crippen LogP contribution in [0.3, 0.4) is 0 Å². The number of carbonyl (C=O) groups excluding carboxylic acids is 2. The lowest BCUT2D eigenvalue weighted by molar-refractivity contribution is -0.140. The van der Waals surface area contributed by atoms with E-state index < -0.39 is 16.1 Å². The van der Waals surface area contributed by atoms with Crippen LogP contribution in [0, 0.1) is 12.8 Å². The third-order valence-electron chi connectivity index (χ3n) is 5.88. The Morgan fingerprint density at radius 1 is 1.05 bits per heavy atom. The number of nitrogens with one attached hydrogen (secondary N) is 1. The first kappa shape index (κ1) is 30.2. The highest BCUT2D eigenvalue weighted by Crippen LogP contribution is 2.22. The van der Waals surface area contributed by atoms with Crippen LogP contribution in [-0.2, 0) is 26.2 Å². The van der Waals surface area contributed by atoms with E-state index in [0.29, 0.717) is 43.5 Å². The monoisotopic (exact) mass is 531 g/mol. The van der Waals surface area contributed by atoms with Gasteiger partial charge >= 0.3 is 0 Å². The highest BCUT2D eigenvalue weighted by atomic mass is 32.2. The van der Waals surface area contributed by atoms with Gasteiger partial charge in [0, 0.05) is 26.1 Å². The molecule has 2 aromatic rings. The van der Waals surface area contributed by atoms with E-state index in [-0.39, 0.29) is 24.8 Å². The van der Waals surface area contributed by atoms with Crippen LogP contribution in [0.1, 0.15) is 51.7 Å². The topological polar surface area (TPSA) is 96.0 Å². The summed E-state index contributed by atoms with van der Waals surface area (Å²) in [5.74, 6) is 0.545. The molecule has 0 saturated carbocycles. The van der Waals surface area contributed by atoms with Crippen LogP contribution in [0.25, 0.3) is 0 Å². The summed E-state index contributed by atoms with van der Waals surface area (Å²) in [7, 11) is -3.56. The molecule has 1 atom stereocenters. The third-order valence-corrected chi connectivity index (χ3v) is 7.07. The van der Waals surface area contributed by atoms with E-state index in [2.05, 4.69) is 5.32 Å². The molecule has 0 aliphatic rings. The van der Waals surface area contributed by atoms with Gasteiger partial charge in [-0.2, -0.15) is 0 Å². The van der Waals surface area contributed by atoms with Crippen molar-refractivity contribution in [1.82, 2.24) is 10.2 Å². The molecule has 0 aliphatic carbocycles. The van der Waals surface area contributed by atoms with Crippen molar-refractivity contribution >= 4 is 27.5 Å². The quantitative estimate of drug-likeness (QED) is 0.396. The summed E-state index contributed by atoms with van der Waals surface area (Å²) < 4.78 is 31.7. The Hall–Kier alpha value is -3.07. The van der Waals surface area contributed by atoms with Crippen molar-refractivity contribution in [3.63, 3.8) is 0 Å². The average molecular weight is 532 g/mol. The Morgan fingerprint density at radius 3 is 2.30 bits per heavy atom. The third kappa shape index (κ3) is 9.72. The molecule has 1 N–H and O–H groups in total. The van der Waals surface area contributed by atoms with Crippen LogP contribution in [0.5, 0.6) is 5.75 Å². The first-order chi connectivity index (χ1) is 17.4. The molecule has 8 nitrogen and oxygen atoms in total. The molecule has 0 bridgehead atoms. The molecule has 0 saturated heterocycles. The van der Waals surface area contributed by atoms with Crippen LogP contribution in [0.15, 0.2) is 48.5 Å². The summed E-state index contributed by atoms with van der Waals surface area (Å²) in [4.78, 5) is 27.8. The maximum atomic E-state index is 13.4. The first-order valence-corrected chi connectivity index (χ1v) is 14.6. The summed E-state index contributed by atoms with van der Waals surface area (Å²) in [6.07, 6.45) is 1.57. The predicted molar refractivity (Wildman–Crippen MR) is 148 cm³/mol. The molecular formula is C28H41N3O5S. The molecule has 37 heavy (non-hydrogen) atoms. The highest BCUT2D eigenvalue weighted by molar-refractivity contribution is 7.92. The number of amides is 2. The standard InChI is InChI=1S/C28H41N3O5S/c1-7-36-26-15-13-25(14-16-26)31(37(6,34)35)17-9-12-27(32)30(20-24-11-8-10-22(4)18-24)23(5)28(33)29-19-21(2)3/h8,10-11,13-16,18,21,23H,7,9,12,17,19-20H2,1-6H3,(H,29,33)/t23-/m0/s1. The van der Waals surface area contributed by atoms with Crippen molar-refractivity contribution in [2.75, 3.05) is 30.3 Å². The van der Waals surface area contributed by atoms with Gasteiger partial charge < -0.3 is 15.0 Å². The summed E-state index contributed by atoms with van der Waals surface area (Å²) in [6, 6.07) is 14.0. The number of nitrogens with zero attached hydrogens (tertiary/aromatic N) is 2. The minimum absolute atomic E-state index is 0.108. The van der Waals surface area contributed by atoms with E-state index in [1.165, 1.54) is 4.31 Å². The smallest absolute Gasteiger partial charge is 0.242 e. The molecule has 2 rings (SSSR count). The van der Waals surface area contributed by atoms with Gasteiger partial charge in [-0.3, -0.25) is 13.9 Å². The van der Waals surface area contributed by atoms with E-state index in [1.54, 1.807) is 36.1 Å². The van der Waals surface area contributed by atoms with Crippen LogP contribution in [0.4, 0.5) is 5.69 Å². The second-order valence-corrected chi connectivity index (χ2v) is 11.6. The van der Waals surface area contributed by atoms with Crippen molar-refractivity contribution in [2.24, 2.45) is 5.92 Å². The second kappa shape index (κ2) is 14.0. The zero-order chi connectivity index (χ0) is 27.6. The maximum Gasteiger partial charge on any atom is 0.242 e. The number of ether oxygens (including phenoxy) is 1. The predicted octanol–water partition coefficient (Wildman–Crippen LogP) is 4.13. The van der Waals surface area contributed by atoms with E-state index in [0.717, 1.165) is 17.4 Å². The van der Waals surface area contributed by atoms with Gasteiger partial charge in [0.15, 0.2) is 0 Å². The van der Waals surface area contributed by atoms with Crippen LogP contribution < -0.4 is 14.4 Å². The van der Waals surface area contributed by atoms with Crippen LogP contribution in [-0.4, -0.2) is 57.1 Å². The van der Waals surface area contributed by atoms with E-state index in [4.69, 9.17) is 4.74 Å². The van der Waals surface area contributed by atoms with E-state index in [1.807, 2.05) is 52.0 Å². The molecule has 0 spiro atoms. The Labute approximate surface area is 222 Å². The van der Waals surface area contributed by atoms with Gasteiger partial charge in [-0.25, -0.2) is 8.42 Å². The SMILES string of the molecule is CCOc1ccc(N(CCCC(=O)N(Cc2cccc(C)c2)[C@@H](C)C(=O)NCC(C)C)S(C)(=O)=O)cc1. The maximum absolute atomic E-state index is 13.4. The van der Waals surface area contributed by atoms with Crippen LogP contribution >= 0.6 is 0 Å². The lowest BCUT2D eigenvalue weighted by Gasteiger charge is -2.30. The van der Waals surface area contributed by atoms with Crippen molar-refractivity contribution in [2.45, 2.75) is 60.0 Å². The molecule has 0 aromatic heterocycles. The summed E-state index contributed by atoms with van der Waals surface area (Å²) >= 11 is 0. The van der Waals surface area contributed by atoms with Crippen molar-refractivity contribution in [1.29, 1.82) is 0 Å². The molecule has 0 heterocycles. The molecule has 9 heteroatoms. The minimum Gasteiger partial charge on any atom is -0.494 e. The van der Waals surface area contributed by atoms with Crippen molar-refractivity contribution in [3.05, 3.63) is 59.7 Å². The number of carbonyl (C=O) groups is 2. The largest absolute Gasteiger partial charge is 0.494 e. The Bertz CT molecular complexity index is 1130. The Morgan fingerprint density at radius 2 is 1.73 bits per heavy atom. The summed E-state index contributed by atoms with van der Waals surface area (Å²) in [5, 5.41) is 2.91. The van der Waals surface area contributed by atoms with Gasteiger partial charge in [-0.05, 0) is 62.9 Å². The zero-order valence-electron chi connectivity index (χ0n) is 22.9. The fourth-order valence-corrected chi connectivity index (χ4v) is 4.89. The number of rotatable bonds is 14. The van der Waals surface area contributed by atoms with Gasteiger partial charge in [0.2, 0.25) is 21.8 Å². The number of benzene rings is 2. The van der Waals surface area contributed by atoms with Gasteiger partial charge in [-0.15, -0.1) is 0 Å². The molecular weight excluding hydrogens is 490 g/mol. The average Bonchev–Trinajstić information content (AvgIpc) is 2.83. The van der Waals surface area contributed by atoms with Crippen molar-refractivity contribution < 1.29 is 22.7 Å². The molecule has 0 aliphatic heterocycles. The number of hydrogen-bond donors (Lipinski definition) is 1. The Kier molecular flexibility index (Phi) is 11.4. The highest BCUT2D eigenvalue weighted by Gasteiger charge is 2.26. The van der Waals surface area contributed by atoms with Gasteiger partial charge in [0.1, 0.15) is 11.8 Å². The number of aryl methyl sites for hydroxylation is 1. The summed E-state index contributed by atoms with van der Waals surface area (Å²) in [5.41, 5.74) is 2.52. The number of anilines is 1. The Balaban J connectivity index is 2.15. The molecule has 2 aromatic carbocycles. The van der Waals surface area contributed by atoms with E-state index in [9.17, 15) is 18.0 Å². The molecule has 2 amide bonds. The fraction of sp³-hybridized carbons (Fsp3) is 0.500. The first-order valence-electron chi connectivity index (χ1n) is 12.8. The second-order valence-electron chi connectivity index (χ2n) is 9.69. The lowest BCUT2D eigenvalue weighted by Crippen LogP contribution is -2.48. The molecule has 204 valence electrons. The minimum atomic E-state index is -3.56. The van der Waals surface area contributed by atoms with Gasteiger partial charge in [-0.1, -0.05) is 43.7 Å². The van der Waals surface area contributed by atoms with Gasteiger partial charge in [0.25, 0.3) is 0 Å². The molecule has 0 fully saturated rings. The normalized spacial score (nSPS) is 12.2. The van der Waals surface area contributed by atoms with Crippen molar-refractivity contribution in [3.8, 4) is 5.75 Å². The van der Waals surface area contributed by atoms with Crippen LogP contribution in [0.2, 0.25) is 0 Å². The fourth-order valence-electron chi connectivity index (χ4n) is 3.92. The number of sulfonamides is 1. The molecule has 0 unspecified atom stereocenters. The summed E-state index contributed by atoms with van der Waals surface area (Å²) in [6.45, 7) is 11.1. The zero-order valence-corrected chi connectivity index (χ0v) is 23.7.